The van der Waals surface area contributed by atoms with Gasteiger partial charge in [0.2, 0.25) is 0 Å². The van der Waals surface area contributed by atoms with Crippen molar-refractivity contribution in [2.75, 3.05) is 11.5 Å². The Balaban J connectivity index is 1.88. The Morgan fingerprint density at radius 3 is 2.71 bits per heavy atom. The fourth-order valence-electron chi connectivity index (χ4n) is 2.21. The van der Waals surface area contributed by atoms with E-state index in [0.29, 0.717) is 6.04 Å². The smallest absolute Gasteiger partial charge is 0.00674 e. The quantitative estimate of drug-likeness (QED) is 0.659. The fourth-order valence-corrected chi connectivity index (χ4v) is 3.30. The van der Waals surface area contributed by atoms with E-state index in [0.717, 1.165) is 5.92 Å². The van der Waals surface area contributed by atoms with Gasteiger partial charge < -0.3 is 5.73 Å². The SMILES string of the molecule is CCCCCSCCC1CCCC1N. The highest BCUT2D eigenvalue weighted by atomic mass is 32.2. The summed E-state index contributed by atoms with van der Waals surface area (Å²) in [6, 6.07) is 0.520. The van der Waals surface area contributed by atoms with Gasteiger partial charge in [-0.2, -0.15) is 11.8 Å². The molecule has 0 aromatic carbocycles. The molecular formula is C12H25NS. The molecule has 0 heterocycles. The van der Waals surface area contributed by atoms with Gasteiger partial charge in [0.1, 0.15) is 0 Å². The van der Waals surface area contributed by atoms with Crippen molar-refractivity contribution < 1.29 is 0 Å². The van der Waals surface area contributed by atoms with Gasteiger partial charge in [0.25, 0.3) is 0 Å². The largest absolute Gasteiger partial charge is 0.327 e. The Morgan fingerprint density at radius 2 is 2.07 bits per heavy atom. The maximum absolute atomic E-state index is 6.03. The van der Waals surface area contributed by atoms with Gasteiger partial charge in [-0.1, -0.05) is 26.2 Å². The molecule has 0 saturated heterocycles. The van der Waals surface area contributed by atoms with Crippen LogP contribution in [0.15, 0.2) is 0 Å². The van der Waals surface area contributed by atoms with E-state index in [4.69, 9.17) is 5.73 Å². The van der Waals surface area contributed by atoms with Gasteiger partial charge in [-0.05, 0) is 43.1 Å². The molecule has 0 bridgehead atoms. The van der Waals surface area contributed by atoms with Crippen molar-refractivity contribution in [3.8, 4) is 0 Å². The standard InChI is InChI=1S/C12H25NS/c1-2-3-4-9-14-10-8-11-6-5-7-12(11)13/h11-12H,2-10,13H2,1H3. The van der Waals surface area contributed by atoms with Gasteiger partial charge in [-0.3, -0.25) is 0 Å². The molecule has 0 amide bonds. The lowest BCUT2D eigenvalue weighted by atomic mass is 10.0. The van der Waals surface area contributed by atoms with Crippen LogP contribution >= 0.6 is 11.8 Å². The predicted octanol–water partition coefficient (Wildman–Crippen LogP) is 3.43. The van der Waals surface area contributed by atoms with Crippen LogP contribution < -0.4 is 5.73 Å². The molecule has 0 aromatic heterocycles. The number of hydrogen-bond donors (Lipinski definition) is 1. The van der Waals surface area contributed by atoms with Crippen LogP contribution in [0.1, 0.15) is 51.9 Å². The molecule has 1 fully saturated rings. The maximum Gasteiger partial charge on any atom is 0.00674 e. The Bertz CT molecular complexity index is 138. The van der Waals surface area contributed by atoms with Crippen molar-refractivity contribution in [2.45, 2.75) is 57.9 Å². The molecule has 14 heavy (non-hydrogen) atoms. The molecule has 1 aliphatic carbocycles. The molecule has 1 rings (SSSR count). The third-order valence-corrected chi connectivity index (χ3v) is 4.34. The van der Waals surface area contributed by atoms with Crippen molar-refractivity contribution in [1.29, 1.82) is 0 Å². The minimum atomic E-state index is 0.520. The summed E-state index contributed by atoms with van der Waals surface area (Å²) >= 11 is 2.13. The van der Waals surface area contributed by atoms with Crippen molar-refractivity contribution in [3.63, 3.8) is 0 Å². The fraction of sp³-hybridized carbons (Fsp3) is 1.00. The monoisotopic (exact) mass is 215 g/mol. The molecule has 0 aliphatic heterocycles. The normalized spacial score (nSPS) is 27.0. The summed E-state index contributed by atoms with van der Waals surface area (Å²) in [6.07, 6.45) is 9.52. The number of unbranched alkanes of at least 4 members (excludes halogenated alkanes) is 2. The van der Waals surface area contributed by atoms with Gasteiger partial charge >= 0.3 is 0 Å². The van der Waals surface area contributed by atoms with Gasteiger partial charge in [0.05, 0.1) is 0 Å². The van der Waals surface area contributed by atoms with E-state index >= 15 is 0 Å². The third kappa shape index (κ3) is 4.70. The first-order chi connectivity index (χ1) is 6.84. The first kappa shape index (κ1) is 12.4. The van der Waals surface area contributed by atoms with E-state index in [-0.39, 0.29) is 0 Å². The molecule has 2 unspecified atom stereocenters. The topological polar surface area (TPSA) is 26.0 Å². The summed E-state index contributed by atoms with van der Waals surface area (Å²) in [5.41, 5.74) is 6.03. The van der Waals surface area contributed by atoms with Crippen LogP contribution in [0.4, 0.5) is 0 Å². The molecule has 0 spiro atoms. The highest BCUT2D eigenvalue weighted by molar-refractivity contribution is 7.99. The lowest BCUT2D eigenvalue weighted by molar-refractivity contribution is 0.470. The minimum absolute atomic E-state index is 0.520. The number of thioether (sulfide) groups is 1. The zero-order chi connectivity index (χ0) is 10.2. The van der Waals surface area contributed by atoms with Crippen LogP contribution in [0, 0.1) is 5.92 Å². The van der Waals surface area contributed by atoms with E-state index in [1.807, 2.05) is 0 Å². The van der Waals surface area contributed by atoms with Crippen LogP contribution in [-0.4, -0.2) is 17.5 Å². The first-order valence-electron chi connectivity index (χ1n) is 6.18. The number of hydrogen-bond acceptors (Lipinski definition) is 2. The number of nitrogens with two attached hydrogens (primary N) is 1. The summed E-state index contributed by atoms with van der Waals surface area (Å²) in [7, 11) is 0. The van der Waals surface area contributed by atoms with E-state index < -0.39 is 0 Å². The molecule has 2 atom stereocenters. The van der Waals surface area contributed by atoms with E-state index in [1.165, 1.54) is 56.5 Å². The van der Waals surface area contributed by atoms with Gasteiger partial charge in [0.15, 0.2) is 0 Å². The molecule has 1 aliphatic rings. The summed E-state index contributed by atoms with van der Waals surface area (Å²) in [4.78, 5) is 0. The van der Waals surface area contributed by atoms with Crippen LogP contribution in [0.25, 0.3) is 0 Å². The Labute approximate surface area is 93.2 Å². The molecule has 1 saturated carbocycles. The van der Waals surface area contributed by atoms with Gasteiger partial charge in [0, 0.05) is 6.04 Å². The highest BCUT2D eigenvalue weighted by Crippen LogP contribution is 2.28. The molecule has 2 heteroatoms. The summed E-state index contributed by atoms with van der Waals surface area (Å²) in [6.45, 7) is 2.27. The molecule has 2 N–H and O–H groups in total. The summed E-state index contributed by atoms with van der Waals surface area (Å²) in [5.74, 6) is 3.53. The third-order valence-electron chi connectivity index (χ3n) is 3.24. The second-order valence-electron chi connectivity index (χ2n) is 4.46. The average molecular weight is 215 g/mol. The molecule has 84 valence electrons. The molecule has 1 nitrogen and oxygen atoms in total. The molecular weight excluding hydrogens is 190 g/mol. The zero-order valence-electron chi connectivity index (χ0n) is 9.50. The second kappa shape index (κ2) is 7.58. The van der Waals surface area contributed by atoms with Crippen LogP contribution in [-0.2, 0) is 0 Å². The Hall–Kier alpha value is 0.310. The van der Waals surface area contributed by atoms with E-state index in [9.17, 15) is 0 Å². The summed E-state index contributed by atoms with van der Waals surface area (Å²) in [5, 5.41) is 0. The van der Waals surface area contributed by atoms with Crippen molar-refractivity contribution in [3.05, 3.63) is 0 Å². The van der Waals surface area contributed by atoms with Crippen LogP contribution in [0.3, 0.4) is 0 Å². The average Bonchev–Trinajstić information content (AvgIpc) is 2.58. The minimum Gasteiger partial charge on any atom is -0.327 e. The first-order valence-corrected chi connectivity index (χ1v) is 7.33. The summed E-state index contributed by atoms with van der Waals surface area (Å²) < 4.78 is 0. The lowest BCUT2D eigenvalue weighted by Gasteiger charge is -2.14. The zero-order valence-corrected chi connectivity index (χ0v) is 10.3. The van der Waals surface area contributed by atoms with Crippen molar-refractivity contribution in [1.82, 2.24) is 0 Å². The van der Waals surface area contributed by atoms with Crippen LogP contribution in [0.2, 0.25) is 0 Å². The van der Waals surface area contributed by atoms with Gasteiger partial charge in [-0.25, -0.2) is 0 Å². The highest BCUT2D eigenvalue weighted by Gasteiger charge is 2.22. The molecule has 0 aromatic rings. The maximum atomic E-state index is 6.03. The van der Waals surface area contributed by atoms with Crippen LogP contribution in [0.5, 0.6) is 0 Å². The van der Waals surface area contributed by atoms with Crippen molar-refractivity contribution in [2.24, 2.45) is 11.7 Å². The van der Waals surface area contributed by atoms with Gasteiger partial charge in [-0.15, -0.1) is 0 Å². The molecule has 0 radical (unpaired) electrons. The second-order valence-corrected chi connectivity index (χ2v) is 5.69. The lowest BCUT2D eigenvalue weighted by Crippen LogP contribution is -2.24. The Morgan fingerprint density at radius 1 is 1.21 bits per heavy atom. The van der Waals surface area contributed by atoms with Crippen molar-refractivity contribution >= 4 is 11.8 Å². The van der Waals surface area contributed by atoms with E-state index in [1.54, 1.807) is 0 Å². The number of rotatable bonds is 7. The predicted molar refractivity (Wildman–Crippen MR) is 66.8 cm³/mol. The van der Waals surface area contributed by atoms with E-state index in [2.05, 4.69) is 18.7 Å². The Kier molecular flexibility index (Phi) is 6.70.